The second-order valence-electron chi connectivity index (χ2n) is 3.85. The number of hydrogen-bond acceptors (Lipinski definition) is 5. The van der Waals surface area contributed by atoms with Gasteiger partial charge in [-0.2, -0.15) is 5.10 Å². The number of carboxylic acids is 1. The van der Waals surface area contributed by atoms with E-state index in [2.05, 4.69) is 15.5 Å². The average Bonchev–Trinajstić information content (AvgIpc) is 3.08. The quantitative estimate of drug-likeness (QED) is 0.676. The van der Waals surface area contributed by atoms with Gasteiger partial charge in [-0.05, 0) is 17.5 Å². The van der Waals surface area contributed by atoms with Gasteiger partial charge in [0.25, 0.3) is 5.91 Å². The molecule has 0 bridgehead atoms. The number of aliphatic carboxylic acids is 1. The molecular weight excluding hydrogens is 298 g/mol. The Labute approximate surface area is 123 Å². The normalized spacial score (nSPS) is 10.4. The van der Waals surface area contributed by atoms with Crippen LogP contribution in [0.1, 0.15) is 10.5 Å². The highest BCUT2D eigenvalue weighted by atomic mass is 32.2. The third kappa shape index (κ3) is 4.10. The van der Waals surface area contributed by atoms with Crippen molar-refractivity contribution in [3.63, 3.8) is 0 Å². The van der Waals surface area contributed by atoms with Gasteiger partial charge in [0, 0.05) is 12.3 Å². The summed E-state index contributed by atoms with van der Waals surface area (Å²) in [5.41, 5.74) is 1.14. The predicted octanol–water partition coefficient (Wildman–Crippen LogP) is 1.69. The van der Waals surface area contributed by atoms with E-state index >= 15 is 0 Å². The molecule has 6 nitrogen and oxygen atoms in total. The fraction of sp³-hybridized carbons (Fsp3) is 0.250. The van der Waals surface area contributed by atoms with Crippen LogP contribution in [0.25, 0.3) is 10.6 Å². The van der Waals surface area contributed by atoms with Crippen LogP contribution in [0.15, 0.2) is 23.6 Å². The number of thiophene rings is 1. The Kier molecular flexibility index (Phi) is 5.19. The Morgan fingerprint density at radius 2 is 2.35 bits per heavy atom. The summed E-state index contributed by atoms with van der Waals surface area (Å²) in [6.07, 6.45) is 0. The molecule has 2 aromatic heterocycles. The summed E-state index contributed by atoms with van der Waals surface area (Å²) >= 11 is 2.83. The Balaban J connectivity index is 1.80. The topological polar surface area (TPSA) is 95.1 Å². The number of hydrogen-bond donors (Lipinski definition) is 3. The number of aromatic amines is 1. The Morgan fingerprint density at radius 3 is 3.05 bits per heavy atom. The van der Waals surface area contributed by atoms with E-state index in [1.54, 1.807) is 17.4 Å². The van der Waals surface area contributed by atoms with Crippen molar-refractivity contribution in [1.82, 2.24) is 15.5 Å². The standard InChI is InChI=1S/C12H13N3O3S2/c16-11(17)7-19-5-3-13-12(18)9-6-8(14-15-9)10-2-1-4-20-10/h1-2,4,6H,3,5,7H2,(H,13,18)(H,14,15)(H,16,17). The molecule has 0 aliphatic rings. The number of amides is 1. The van der Waals surface area contributed by atoms with E-state index in [-0.39, 0.29) is 11.7 Å². The van der Waals surface area contributed by atoms with Crippen LogP contribution in [0.5, 0.6) is 0 Å². The second kappa shape index (κ2) is 7.11. The molecule has 0 saturated carbocycles. The minimum atomic E-state index is -0.853. The van der Waals surface area contributed by atoms with Gasteiger partial charge in [0.15, 0.2) is 5.69 Å². The first kappa shape index (κ1) is 14.6. The van der Waals surface area contributed by atoms with Gasteiger partial charge in [-0.3, -0.25) is 14.7 Å². The molecule has 0 saturated heterocycles. The van der Waals surface area contributed by atoms with Crippen LogP contribution >= 0.6 is 23.1 Å². The molecule has 8 heteroatoms. The monoisotopic (exact) mass is 311 g/mol. The van der Waals surface area contributed by atoms with E-state index < -0.39 is 5.97 Å². The van der Waals surface area contributed by atoms with Crippen molar-refractivity contribution in [3.8, 4) is 10.6 Å². The zero-order valence-corrected chi connectivity index (χ0v) is 12.1. The molecule has 0 aromatic carbocycles. The Hall–Kier alpha value is -1.80. The summed E-state index contributed by atoms with van der Waals surface area (Å²) in [7, 11) is 0. The number of carboxylic acid groups (broad SMARTS) is 1. The van der Waals surface area contributed by atoms with E-state index in [0.29, 0.717) is 18.0 Å². The van der Waals surface area contributed by atoms with Crippen molar-refractivity contribution in [2.24, 2.45) is 0 Å². The zero-order valence-electron chi connectivity index (χ0n) is 10.5. The lowest BCUT2D eigenvalue weighted by Gasteiger charge is -2.01. The molecule has 0 fully saturated rings. The van der Waals surface area contributed by atoms with Crippen LogP contribution in [-0.4, -0.2) is 45.2 Å². The number of rotatable bonds is 7. The van der Waals surface area contributed by atoms with E-state index in [0.717, 1.165) is 10.6 Å². The Morgan fingerprint density at radius 1 is 1.50 bits per heavy atom. The van der Waals surface area contributed by atoms with E-state index in [4.69, 9.17) is 5.11 Å². The van der Waals surface area contributed by atoms with Crippen molar-refractivity contribution in [2.45, 2.75) is 0 Å². The van der Waals surface area contributed by atoms with Crippen molar-refractivity contribution < 1.29 is 14.7 Å². The number of carbonyl (C=O) groups is 2. The molecule has 0 aliphatic carbocycles. The van der Waals surface area contributed by atoms with Gasteiger partial charge in [0.2, 0.25) is 0 Å². The van der Waals surface area contributed by atoms with Crippen molar-refractivity contribution in [1.29, 1.82) is 0 Å². The fourth-order valence-electron chi connectivity index (χ4n) is 1.48. The molecule has 0 unspecified atom stereocenters. The van der Waals surface area contributed by atoms with Crippen LogP contribution in [-0.2, 0) is 4.79 Å². The summed E-state index contributed by atoms with van der Waals surface area (Å²) in [5.74, 6) is -0.518. The van der Waals surface area contributed by atoms with Gasteiger partial charge >= 0.3 is 5.97 Å². The lowest BCUT2D eigenvalue weighted by molar-refractivity contribution is -0.133. The number of thioether (sulfide) groups is 1. The number of nitrogens with zero attached hydrogens (tertiary/aromatic N) is 1. The first-order valence-corrected chi connectivity index (χ1v) is 7.87. The first-order valence-electron chi connectivity index (χ1n) is 5.84. The molecule has 0 atom stereocenters. The molecular formula is C12H13N3O3S2. The molecule has 0 spiro atoms. The SMILES string of the molecule is O=C(O)CSCCNC(=O)c1cc(-c2cccs2)[nH]n1. The zero-order chi connectivity index (χ0) is 14.4. The molecule has 0 aliphatic heterocycles. The average molecular weight is 311 g/mol. The van der Waals surface area contributed by atoms with Crippen LogP contribution in [0, 0.1) is 0 Å². The van der Waals surface area contributed by atoms with Gasteiger partial charge in [0.05, 0.1) is 16.3 Å². The summed E-state index contributed by atoms with van der Waals surface area (Å²) in [4.78, 5) is 23.1. The third-order valence-electron chi connectivity index (χ3n) is 2.35. The first-order chi connectivity index (χ1) is 9.66. The van der Waals surface area contributed by atoms with E-state index in [9.17, 15) is 9.59 Å². The van der Waals surface area contributed by atoms with Gasteiger partial charge in [0.1, 0.15) is 0 Å². The maximum atomic E-state index is 11.8. The number of nitrogens with one attached hydrogen (secondary N) is 2. The van der Waals surface area contributed by atoms with Gasteiger partial charge in [-0.1, -0.05) is 6.07 Å². The molecule has 3 N–H and O–H groups in total. The Bertz CT molecular complexity index is 581. The third-order valence-corrected chi connectivity index (χ3v) is 4.20. The predicted molar refractivity (Wildman–Crippen MR) is 79.2 cm³/mol. The van der Waals surface area contributed by atoms with Crippen LogP contribution in [0.4, 0.5) is 0 Å². The van der Waals surface area contributed by atoms with Crippen LogP contribution in [0.2, 0.25) is 0 Å². The highest BCUT2D eigenvalue weighted by molar-refractivity contribution is 7.99. The minimum absolute atomic E-state index is 0.0425. The van der Waals surface area contributed by atoms with Gasteiger partial charge in [-0.25, -0.2) is 0 Å². The van der Waals surface area contributed by atoms with Crippen LogP contribution in [0.3, 0.4) is 0 Å². The van der Waals surface area contributed by atoms with E-state index in [1.807, 2.05) is 17.5 Å². The highest BCUT2D eigenvalue weighted by Crippen LogP contribution is 2.22. The number of H-pyrrole nitrogens is 1. The lowest BCUT2D eigenvalue weighted by atomic mass is 10.3. The molecule has 1 amide bonds. The summed E-state index contributed by atoms with van der Waals surface area (Å²) in [6.45, 7) is 0.415. The number of carbonyl (C=O) groups excluding carboxylic acids is 1. The van der Waals surface area contributed by atoms with Crippen molar-refractivity contribution in [3.05, 3.63) is 29.3 Å². The summed E-state index contributed by atoms with van der Waals surface area (Å²) in [5, 5.41) is 19.9. The van der Waals surface area contributed by atoms with Crippen molar-refractivity contribution >= 4 is 35.0 Å². The van der Waals surface area contributed by atoms with E-state index in [1.165, 1.54) is 11.8 Å². The molecule has 2 aromatic rings. The molecule has 2 rings (SSSR count). The van der Waals surface area contributed by atoms with Crippen molar-refractivity contribution in [2.75, 3.05) is 18.1 Å². The molecule has 20 heavy (non-hydrogen) atoms. The minimum Gasteiger partial charge on any atom is -0.481 e. The lowest BCUT2D eigenvalue weighted by Crippen LogP contribution is -2.26. The van der Waals surface area contributed by atoms with Gasteiger partial charge < -0.3 is 10.4 Å². The van der Waals surface area contributed by atoms with Gasteiger partial charge in [-0.15, -0.1) is 23.1 Å². The smallest absolute Gasteiger partial charge is 0.313 e. The molecule has 0 radical (unpaired) electrons. The highest BCUT2D eigenvalue weighted by Gasteiger charge is 2.11. The summed E-state index contributed by atoms with van der Waals surface area (Å²) < 4.78 is 0. The second-order valence-corrected chi connectivity index (χ2v) is 5.90. The summed E-state index contributed by atoms with van der Waals surface area (Å²) in [6, 6.07) is 5.58. The fourth-order valence-corrected chi connectivity index (χ4v) is 2.74. The molecule has 106 valence electrons. The molecule has 2 heterocycles. The largest absolute Gasteiger partial charge is 0.481 e. The van der Waals surface area contributed by atoms with Crippen LogP contribution < -0.4 is 5.32 Å². The number of aromatic nitrogens is 2. The maximum Gasteiger partial charge on any atom is 0.313 e. The maximum absolute atomic E-state index is 11.8.